The van der Waals surface area contributed by atoms with Crippen LogP contribution in [0.4, 0.5) is 0 Å². The second kappa shape index (κ2) is 7.87. The Hall–Kier alpha value is -3.87. The summed E-state index contributed by atoms with van der Waals surface area (Å²) in [6.45, 7) is 2.32. The van der Waals surface area contributed by atoms with Gasteiger partial charge in [0.15, 0.2) is 5.96 Å². The van der Waals surface area contributed by atoms with Gasteiger partial charge in [-0.15, -0.1) is 0 Å². The zero-order chi connectivity index (χ0) is 21.3. The van der Waals surface area contributed by atoms with E-state index in [1.54, 1.807) is 13.1 Å². The molecule has 152 valence electrons. The molecule has 0 bridgehead atoms. The molecule has 0 aliphatic rings. The number of guanidine groups is 1. The number of aromatic nitrogens is 2. The van der Waals surface area contributed by atoms with Gasteiger partial charge in [-0.2, -0.15) is 0 Å². The molecule has 0 amide bonds. The minimum atomic E-state index is -0.384. The molecule has 4 aromatic rings. The lowest BCUT2D eigenvalue weighted by molar-refractivity contribution is 0.0527. The van der Waals surface area contributed by atoms with Gasteiger partial charge >= 0.3 is 5.97 Å². The molecule has 4 N–H and O–H groups in total. The Morgan fingerprint density at radius 3 is 2.83 bits per heavy atom. The number of hydrogen-bond donors (Lipinski definition) is 3. The van der Waals surface area contributed by atoms with Crippen LogP contribution < -0.4 is 11.1 Å². The van der Waals surface area contributed by atoms with E-state index >= 15 is 0 Å². The standard InChI is InChI=1S/C23H23N5O2/c1-3-30-22(29)21-17-8-7-15(11-19(17)28(2)20(21)13-27-23(24)25)16-6-4-5-14-9-10-26-12-18(14)16/h4-12H,3,13H2,1-2H3,(H4,24,25,27). The van der Waals surface area contributed by atoms with Gasteiger partial charge in [0.25, 0.3) is 0 Å². The molecule has 4 rings (SSSR count). The van der Waals surface area contributed by atoms with Gasteiger partial charge < -0.3 is 20.4 Å². The third kappa shape index (κ3) is 3.34. The molecule has 0 fully saturated rings. The molecule has 0 unspecified atom stereocenters. The monoisotopic (exact) mass is 401 g/mol. The number of fused-ring (bicyclic) bond motifs is 2. The molecule has 0 radical (unpaired) electrons. The minimum Gasteiger partial charge on any atom is -0.462 e. The van der Waals surface area contributed by atoms with Gasteiger partial charge in [-0.25, -0.2) is 4.79 Å². The second-order valence-corrected chi connectivity index (χ2v) is 7.00. The summed E-state index contributed by atoms with van der Waals surface area (Å²) in [5.74, 6) is -0.537. The topological polar surface area (TPSA) is 106 Å². The molecule has 7 nitrogen and oxygen atoms in total. The molecule has 0 aliphatic carbocycles. The van der Waals surface area contributed by atoms with E-state index in [4.69, 9.17) is 15.9 Å². The van der Waals surface area contributed by atoms with Crippen molar-refractivity contribution >= 4 is 33.6 Å². The molecule has 0 saturated carbocycles. The molecule has 0 aliphatic heterocycles. The Balaban J connectivity index is 1.91. The fraction of sp³-hybridized carbons (Fsp3) is 0.174. The number of nitrogens with two attached hydrogens (primary N) is 1. The molecule has 30 heavy (non-hydrogen) atoms. The normalized spacial score (nSPS) is 11.0. The maximum absolute atomic E-state index is 12.7. The van der Waals surface area contributed by atoms with E-state index in [9.17, 15) is 4.79 Å². The maximum Gasteiger partial charge on any atom is 0.340 e. The Bertz CT molecular complexity index is 1270. The predicted octanol–water partition coefficient (Wildman–Crippen LogP) is 3.55. The van der Waals surface area contributed by atoms with E-state index < -0.39 is 0 Å². The van der Waals surface area contributed by atoms with E-state index in [1.165, 1.54) is 0 Å². The number of pyridine rings is 1. The van der Waals surface area contributed by atoms with Gasteiger partial charge in [-0.1, -0.05) is 30.3 Å². The van der Waals surface area contributed by atoms with E-state index in [-0.39, 0.29) is 25.1 Å². The van der Waals surface area contributed by atoms with Crippen LogP contribution in [-0.2, 0) is 18.3 Å². The molecule has 2 aromatic heterocycles. The molecule has 2 heterocycles. The lowest BCUT2D eigenvalue weighted by atomic mass is 9.98. The Labute approximate surface area is 174 Å². The summed E-state index contributed by atoms with van der Waals surface area (Å²) in [4.78, 5) is 17.0. The van der Waals surface area contributed by atoms with Crippen molar-refractivity contribution in [2.45, 2.75) is 13.5 Å². The first-order chi connectivity index (χ1) is 14.5. The highest BCUT2D eigenvalue weighted by atomic mass is 16.5. The minimum absolute atomic E-state index is 0.154. The molecule has 0 atom stereocenters. The molecule has 7 heteroatoms. The van der Waals surface area contributed by atoms with Gasteiger partial charge in [0, 0.05) is 35.7 Å². The summed E-state index contributed by atoms with van der Waals surface area (Å²) < 4.78 is 7.24. The summed E-state index contributed by atoms with van der Waals surface area (Å²) in [7, 11) is 1.90. The van der Waals surface area contributed by atoms with Crippen molar-refractivity contribution in [2.75, 3.05) is 6.61 Å². The number of nitrogens with one attached hydrogen (secondary N) is 2. The van der Waals surface area contributed by atoms with Crippen LogP contribution in [0, 0.1) is 5.41 Å². The Morgan fingerprint density at radius 1 is 1.23 bits per heavy atom. The number of rotatable bonds is 5. The zero-order valence-corrected chi connectivity index (χ0v) is 16.9. The van der Waals surface area contributed by atoms with Crippen molar-refractivity contribution in [1.82, 2.24) is 14.9 Å². The highest BCUT2D eigenvalue weighted by Crippen LogP contribution is 2.33. The first kappa shape index (κ1) is 19.4. The maximum atomic E-state index is 12.7. The van der Waals surface area contributed by atoms with E-state index in [0.29, 0.717) is 5.56 Å². The van der Waals surface area contributed by atoms with Gasteiger partial charge in [0.05, 0.1) is 24.4 Å². The first-order valence-electron chi connectivity index (χ1n) is 9.70. The largest absolute Gasteiger partial charge is 0.462 e. The van der Waals surface area contributed by atoms with Crippen LogP contribution in [-0.4, -0.2) is 28.1 Å². The van der Waals surface area contributed by atoms with E-state index in [1.807, 2.05) is 42.1 Å². The van der Waals surface area contributed by atoms with Crippen molar-refractivity contribution in [3.63, 3.8) is 0 Å². The number of aryl methyl sites for hydroxylation is 1. The zero-order valence-electron chi connectivity index (χ0n) is 16.9. The SMILES string of the molecule is CCOC(=O)c1c(CNC(=N)N)n(C)c2cc(-c3cccc4ccncc34)ccc12. The number of benzene rings is 2. The third-order valence-corrected chi connectivity index (χ3v) is 5.24. The number of ether oxygens (including phenoxy) is 1. The third-order valence-electron chi connectivity index (χ3n) is 5.24. The Morgan fingerprint density at radius 2 is 2.07 bits per heavy atom. The van der Waals surface area contributed by atoms with E-state index in [2.05, 4.69) is 28.5 Å². The number of hydrogen-bond acceptors (Lipinski definition) is 4. The van der Waals surface area contributed by atoms with Crippen molar-refractivity contribution in [3.05, 3.63) is 66.1 Å². The fourth-order valence-electron chi connectivity index (χ4n) is 3.84. The van der Waals surface area contributed by atoms with Crippen LogP contribution in [0.3, 0.4) is 0 Å². The van der Waals surface area contributed by atoms with Gasteiger partial charge in [-0.3, -0.25) is 10.4 Å². The average molecular weight is 401 g/mol. The number of carbonyl (C=O) groups excluding carboxylic acids is 1. The van der Waals surface area contributed by atoms with Crippen LogP contribution in [0.1, 0.15) is 23.0 Å². The highest BCUT2D eigenvalue weighted by molar-refractivity contribution is 6.07. The predicted molar refractivity (Wildman–Crippen MR) is 118 cm³/mol. The van der Waals surface area contributed by atoms with Crippen molar-refractivity contribution in [1.29, 1.82) is 5.41 Å². The summed E-state index contributed by atoms with van der Waals surface area (Å²) in [5.41, 5.74) is 9.68. The van der Waals surface area contributed by atoms with E-state index in [0.717, 1.165) is 38.5 Å². The molecular formula is C23H23N5O2. The lowest BCUT2D eigenvalue weighted by Crippen LogP contribution is -2.31. The average Bonchev–Trinajstić information content (AvgIpc) is 3.03. The Kier molecular flexibility index (Phi) is 5.10. The van der Waals surface area contributed by atoms with Gasteiger partial charge in [-0.05, 0) is 35.6 Å². The van der Waals surface area contributed by atoms with Gasteiger partial charge in [0.2, 0.25) is 0 Å². The van der Waals surface area contributed by atoms with Crippen LogP contribution in [0.15, 0.2) is 54.9 Å². The van der Waals surface area contributed by atoms with Crippen LogP contribution in [0.25, 0.3) is 32.8 Å². The quantitative estimate of drug-likeness (QED) is 0.269. The second-order valence-electron chi connectivity index (χ2n) is 7.00. The fourth-order valence-corrected chi connectivity index (χ4v) is 3.84. The smallest absolute Gasteiger partial charge is 0.340 e. The van der Waals surface area contributed by atoms with Crippen molar-refractivity contribution < 1.29 is 9.53 Å². The molecule has 0 saturated heterocycles. The first-order valence-corrected chi connectivity index (χ1v) is 9.70. The summed E-state index contributed by atoms with van der Waals surface area (Å²) in [6.07, 6.45) is 3.65. The highest BCUT2D eigenvalue weighted by Gasteiger charge is 2.22. The van der Waals surface area contributed by atoms with Crippen LogP contribution in [0.5, 0.6) is 0 Å². The summed E-state index contributed by atoms with van der Waals surface area (Å²) in [6, 6.07) is 14.2. The van der Waals surface area contributed by atoms with Crippen molar-refractivity contribution in [3.8, 4) is 11.1 Å². The summed E-state index contributed by atoms with van der Waals surface area (Å²) in [5, 5.41) is 13.3. The number of carbonyl (C=O) groups is 1. The van der Waals surface area contributed by atoms with Crippen molar-refractivity contribution in [2.24, 2.45) is 12.8 Å². The molecule has 0 spiro atoms. The van der Waals surface area contributed by atoms with Crippen LogP contribution in [0.2, 0.25) is 0 Å². The number of nitrogens with zero attached hydrogens (tertiary/aromatic N) is 2. The lowest BCUT2D eigenvalue weighted by Gasteiger charge is -2.09. The van der Waals surface area contributed by atoms with Crippen LogP contribution >= 0.6 is 0 Å². The molecular weight excluding hydrogens is 378 g/mol. The summed E-state index contributed by atoms with van der Waals surface area (Å²) >= 11 is 0. The number of esters is 1. The molecule has 2 aromatic carbocycles. The van der Waals surface area contributed by atoms with Gasteiger partial charge in [0.1, 0.15) is 0 Å².